The minimum absolute atomic E-state index is 0.0115. The Labute approximate surface area is 324 Å². The number of rotatable bonds is 21. The zero-order chi connectivity index (χ0) is 40.3. The maximum Gasteiger partial charge on any atom is 0.245 e. The van der Waals surface area contributed by atoms with Crippen molar-refractivity contribution in [2.75, 3.05) is 48.5 Å². The standard InChI is InChI=1S/C42H70N6O6/c1-13-28(6)38(47(10)42(52)36(26(2)3)45-41(51)37(27(4)5)46(8)9)34(53-11)23-35(49)48-22-16-19-33(48)39(54-12)29(7)40(50)44-21-20-31-25-43-24-30-17-14-15-18-32(30)31/h14-15,17-18,24-29,33-34,36-40,44,50H,13,16,19-23H2,1-12H3,(H,45,51)/t28-,29+,33-,34+,36-,37-,38?,39+,40?/m0/s1. The predicted octanol–water partition coefficient (Wildman–Crippen LogP) is 4.33. The molecule has 0 saturated carbocycles. The number of hydrogen-bond acceptors (Lipinski definition) is 9. The highest BCUT2D eigenvalue weighted by atomic mass is 16.5. The van der Waals surface area contributed by atoms with Crippen LogP contribution in [0.5, 0.6) is 0 Å². The van der Waals surface area contributed by atoms with E-state index in [4.69, 9.17) is 9.47 Å². The fraction of sp³-hybridized carbons (Fsp3) is 0.714. The summed E-state index contributed by atoms with van der Waals surface area (Å²) in [7, 11) is 8.73. The van der Waals surface area contributed by atoms with Gasteiger partial charge in [0.1, 0.15) is 12.3 Å². The Kier molecular flexibility index (Phi) is 17.8. The lowest BCUT2D eigenvalue weighted by Crippen LogP contribution is -2.59. The molecule has 0 aliphatic carbocycles. The maximum atomic E-state index is 14.2. The van der Waals surface area contributed by atoms with Gasteiger partial charge in [0.05, 0.1) is 36.8 Å². The van der Waals surface area contributed by atoms with Gasteiger partial charge in [-0.05, 0) is 62.1 Å². The van der Waals surface area contributed by atoms with Crippen molar-refractivity contribution in [2.45, 2.75) is 123 Å². The Morgan fingerprint density at radius 3 is 2.28 bits per heavy atom. The summed E-state index contributed by atoms with van der Waals surface area (Å²) in [5.41, 5.74) is 1.11. The number of ether oxygens (including phenoxy) is 2. The summed E-state index contributed by atoms with van der Waals surface area (Å²) in [5.74, 6) is -0.846. The molecule has 2 heterocycles. The molecule has 54 heavy (non-hydrogen) atoms. The van der Waals surface area contributed by atoms with E-state index in [1.807, 2.05) is 89.1 Å². The molecule has 0 radical (unpaired) electrons. The number of aromatic nitrogens is 1. The van der Waals surface area contributed by atoms with Gasteiger partial charge in [0.25, 0.3) is 0 Å². The largest absolute Gasteiger partial charge is 0.379 e. The fourth-order valence-corrected chi connectivity index (χ4v) is 8.39. The number of nitrogens with zero attached hydrogens (tertiary/aromatic N) is 4. The number of pyridine rings is 1. The van der Waals surface area contributed by atoms with Crippen molar-refractivity contribution in [1.82, 2.24) is 30.3 Å². The lowest BCUT2D eigenvalue weighted by atomic mass is 9.89. The molecule has 1 fully saturated rings. The van der Waals surface area contributed by atoms with Crippen molar-refractivity contribution in [2.24, 2.45) is 23.7 Å². The molecule has 3 amide bonds. The highest BCUT2D eigenvalue weighted by Crippen LogP contribution is 2.30. The summed E-state index contributed by atoms with van der Waals surface area (Å²) >= 11 is 0. The number of aliphatic hydroxyl groups is 1. The Hall–Kier alpha value is -3.16. The van der Waals surface area contributed by atoms with E-state index in [9.17, 15) is 19.5 Å². The summed E-state index contributed by atoms with van der Waals surface area (Å²) < 4.78 is 12.1. The summed E-state index contributed by atoms with van der Waals surface area (Å²) in [4.78, 5) is 51.7. The summed E-state index contributed by atoms with van der Waals surface area (Å²) in [6, 6.07) is 6.40. The number of hydrogen-bond donors (Lipinski definition) is 3. The monoisotopic (exact) mass is 755 g/mol. The van der Waals surface area contributed by atoms with Crippen molar-refractivity contribution in [3.63, 3.8) is 0 Å². The number of fused-ring (bicyclic) bond motifs is 1. The predicted molar refractivity (Wildman–Crippen MR) is 215 cm³/mol. The normalized spacial score (nSPS) is 19.4. The highest BCUT2D eigenvalue weighted by Gasteiger charge is 2.43. The van der Waals surface area contributed by atoms with E-state index in [2.05, 4.69) is 35.5 Å². The molecule has 1 aliphatic rings. The third kappa shape index (κ3) is 11.2. The minimum atomic E-state index is -0.848. The molecule has 2 aromatic rings. The van der Waals surface area contributed by atoms with Crippen LogP contribution in [-0.2, 0) is 30.3 Å². The molecule has 12 nitrogen and oxygen atoms in total. The molecule has 1 saturated heterocycles. The number of amides is 3. The van der Waals surface area contributed by atoms with Crippen LogP contribution in [-0.4, -0.2) is 134 Å². The molecule has 0 spiro atoms. The second-order valence-electron chi connectivity index (χ2n) is 16.2. The van der Waals surface area contributed by atoms with E-state index in [1.165, 1.54) is 0 Å². The average Bonchev–Trinajstić information content (AvgIpc) is 3.62. The van der Waals surface area contributed by atoms with E-state index in [0.29, 0.717) is 19.5 Å². The number of benzene rings is 1. The van der Waals surface area contributed by atoms with Crippen molar-refractivity contribution in [1.29, 1.82) is 0 Å². The van der Waals surface area contributed by atoms with Crippen LogP contribution in [0.4, 0.5) is 0 Å². The molecule has 0 bridgehead atoms. The smallest absolute Gasteiger partial charge is 0.245 e. The van der Waals surface area contributed by atoms with E-state index in [1.54, 1.807) is 26.2 Å². The average molecular weight is 755 g/mol. The van der Waals surface area contributed by atoms with Crippen LogP contribution in [0.3, 0.4) is 0 Å². The molecule has 2 unspecified atom stereocenters. The molecule has 1 aromatic carbocycles. The molecule has 9 atom stereocenters. The van der Waals surface area contributed by atoms with Crippen LogP contribution in [0, 0.1) is 23.7 Å². The van der Waals surface area contributed by atoms with Gasteiger partial charge in [-0.3, -0.25) is 29.6 Å². The van der Waals surface area contributed by atoms with Gasteiger partial charge in [0.15, 0.2) is 0 Å². The van der Waals surface area contributed by atoms with Gasteiger partial charge >= 0.3 is 0 Å². The van der Waals surface area contributed by atoms with E-state index in [0.717, 1.165) is 35.6 Å². The van der Waals surface area contributed by atoms with Crippen LogP contribution >= 0.6 is 0 Å². The number of likely N-dealkylation sites (tertiary alicyclic amines) is 1. The first kappa shape index (κ1) is 45.2. The van der Waals surface area contributed by atoms with Crippen molar-refractivity contribution in [3.8, 4) is 0 Å². The quantitative estimate of drug-likeness (QED) is 0.159. The second-order valence-corrected chi connectivity index (χ2v) is 16.2. The molecule has 1 aliphatic heterocycles. The van der Waals surface area contributed by atoms with Gasteiger partial charge in [-0.2, -0.15) is 0 Å². The number of likely N-dealkylation sites (N-methyl/N-ethyl adjacent to an activating group) is 2. The van der Waals surface area contributed by atoms with Crippen molar-refractivity contribution < 1.29 is 29.0 Å². The Morgan fingerprint density at radius 1 is 1.00 bits per heavy atom. The summed E-state index contributed by atoms with van der Waals surface area (Å²) in [6.07, 6.45) is 5.04. The summed E-state index contributed by atoms with van der Waals surface area (Å²) in [6.45, 7) is 15.1. The van der Waals surface area contributed by atoms with Crippen molar-refractivity contribution in [3.05, 3.63) is 42.2 Å². The summed E-state index contributed by atoms with van der Waals surface area (Å²) in [5, 5.41) is 19.9. The lowest BCUT2D eigenvalue weighted by molar-refractivity contribution is -0.147. The molecule has 12 heteroatoms. The molecule has 304 valence electrons. The first-order chi connectivity index (χ1) is 25.6. The third-order valence-corrected chi connectivity index (χ3v) is 11.6. The highest BCUT2D eigenvalue weighted by molar-refractivity contribution is 5.90. The minimum Gasteiger partial charge on any atom is -0.379 e. The van der Waals surface area contributed by atoms with Gasteiger partial charge in [0, 0.05) is 58.1 Å². The number of methoxy groups -OCH3 is 2. The van der Waals surface area contributed by atoms with Crippen LogP contribution in [0.1, 0.15) is 79.7 Å². The SMILES string of the molecule is CC[C@H](C)C([C@@H](CC(=O)N1CCC[C@H]1[C@H](OC)[C@@H](C)C(O)NCCc1cncc2ccccc12)OC)N(C)C(=O)[C@@H](NC(=O)[C@H](C(C)C)N(C)C)C(C)C. The first-order valence-corrected chi connectivity index (χ1v) is 19.9. The topological polar surface area (TPSA) is 137 Å². The van der Waals surface area contributed by atoms with Crippen LogP contribution in [0.25, 0.3) is 10.8 Å². The number of carbonyl (C=O) groups excluding carboxylic acids is 3. The van der Waals surface area contributed by atoms with Gasteiger partial charge < -0.3 is 29.7 Å². The van der Waals surface area contributed by atoms with Crippen LogP contribution in [0.15, 0.2) is 36.7 Å². The van der Waals surface area contributed by atoms with Gasteiger partial charge in [-0.25, -0.2) is 0 Å². The zero-order valence-corrected chi connectivity index (χ0v) is 35.0. The molecule has 3 rings (SSSR count). The van der Waals surface area contributed by atoms with Crippen LogP contribution in [0.2, 0.25) is 0 Å². The lowest BCUT2D eigenvalue weighted by Gasteiger charge is -2.41. The van der Waals surface area contributed by atoms with Crippen molar-refractivity contribution >= 4 is 28.5 Å². The number of nitrogens with one attached hydrogen (secondary N) is 2. The van der Waals surface area contributed by atoms with E-state index in [-0.39, 0.29) is 59.9 Å². The zero-order valence-electron chi connectivity index (χ0n) is 35.0. The van der Waals surface area contributed by atoms with Crippen LogP contribution < -0.4 is 10.6 Å². The van der Waals surface area contributed by atoms with Gasteiger partial charge in [-0.15, -0.1) is 0 Å². The molecule has 1 aromatic heterocycles. The maximum absolute atomic E-state index is 14.2. The first-order valence-electron chi connectivity index (χ1n) is 19.9. The molecular formula is C42H70N6O6. The Bertz CT molecular complexity index is 1470. The van der Waals surface area contributed by atoms with E-state index < -0.39 is 30.5 Å². The number of aliphatic hydroxyl groups excluding tert-OH is 1. The molecule has 3 N–H and O–H groups in total. The van der Waals surface area contributed by atoms with Gasteiger partial charge in [0.2, 0.25) is 17.7 Å². The third-order valence-electron chi connectivity index (χ3n) is 11.6. The Balaban J connectivity index is 1.72. The van der Waals surface area contributed by atoms with E-state index >= 15 is 0 Å². The van der Waals surface area contributed by atoms with Gasteiger partial charge in [-0.1, -0.05) is 79.2 Å². The Morgan fingerprint density at radius 2 is 1.69 bits per heavy atom. The molecular weight excluding hydrogens is 684 g/mol. The number of carbonyl (C=O) groups is 3. The second kappa shape index (κ2) is 21.2. The fourth-order valence-electron chi connectivity index (χ4n) is 8.39.